The molecule has 1 fully saturated rings. The van der Waals surface area contributed by atoms with Gasteiger partial charge in [-0.3, -0.25) is 9.69 Å². The second-order valence-electron chi connectivity index (χ2n) is 6.01. The average Bonchev–Trinajstić information content (AvgIpc) is 1.97. The molecule has 0 radical (unpaired) electrons. The first-order chi connectivity index (χ1) is 7.19. The number of carbonyl (C=O) groups is 1. The summed E-state index contributed by atoms with van der Waals surface area (Å²) >= 11 is 0. The van der Waals surface area contributed by atoms with Gasteiger partial charge in [0.15, 0.2) is 0 Å². The third-order valence-corrected chi connectivity index (χ3v) is 3.56. The highest BCUT2D eigenvalue weighted by Gasteiger charge is 2.45. The minimum Gasteiger partial charge on any atom is -0.462 e. The van der Waals surface area contributed by atoms with Crippen LogP contribution in [0.5, 0.6) is 0 Å². The molecule has 0 N–H and O–H groups in total. The van der Waals surface area contributed by atoms with E-state index in [0.717, 1.165) is 19.4 Å². The maximum Gasteiger partial charge on any atom is 0.302 e. The minimum atomic E-state index is -0.165. The lowest BCUT2D eigenvalue weighted by molar-refractivity contribution is -0.157. The fourth-order valence-electron chi connectivity index (χ4n) is 3.40. The van der Waals surface area contributed by atoms with Crippen molar-refractivity contribution >= 4 is 5.97 Å². The standard InChI is InChI=1S/C13H25NO2/c1-7-14-12(3,4)8-11(16-10(2)15)9-13(14,5)6/h11H,7-9H2,1-6H3. The quantitative estimate of drug-likeness (QED) is 0.679. The molecule has 0 unspecified atom stereocenters. The summed E-state index contributed by atoms with van der Waals surface area (Å²) in [5, 5.41) is 0. The van der Waals surface area contributed by atoms with E-state index in [2.05, 4.69) is 39.5 Å². The normalized spacial score (nSPS) is 25.4. The number of hydrogen-bond acceptors (Lipinski definition) is 3. The van der Waals surface area contributed by atoms with Gasteiger partial charge in [-0.2, -0.15) is 0 Å². The number of likely N-dealkylation sites (tertiary alicyclic amines) is 1. The van der Waals surface area contributed by atoms with E-state index < -0.39 is 0 Å². The van der Waals surface area contributed by atoms with E-state index >= 15 is 0 Å². The highest BCUT2D eigenvalue weighted by molar-refractivity contribution is 5.66. The highest BCUT2D eigenvalue weighted by Crippen LogP contribution is 2.39. The van der Waals surface area contributed by atoms with Crippen LogP contribution in [0, 0.1) is 0 Å². The van der Waals surface area contributed by atoms with E-state index in [-0.39, 0.29) is 23.2 Å². The zero-order valence-electron chi connectivity index (χ0n) is 11.5. The number of esters is 1. The first kappa shape index (κ1) is 13.5. The summed E-state index contributed by atoms with van der Waals surface area (Å²) in [6, 6.07) is 0. The molecule has 0 aromatic rings. The fraction of sp³-hybridized carbons (Fsp3) is 0.923. The van der Waals surface area contributed by atoms with Crippen molar-refractivity contribution in [1.29, 1.82) is 0 Å². The Hall–Kier alpha value is -0.570. The Kier molecular flexibility index (Phi) is 3.68. The molecular weight excluding hydrogens is 202 g/mol. The zero-order chi connectivity index (χ0) is 12.6. The van der Waals surface area contributed by atoms with E-state index in [4.69, 9.17) is 4.74 Å². The second kappa shape index (κ2) is 4.36. The molecule has 0 aromatic heterocycles. The molecule has 0 bridgehead atoms. The SMILES string of the molecule is CCN1C(C)(C)CC(OC(C)=O)CC1(C)C. The lowest BCUT2D eigenvalue weighted by Gasteiger charge is -2.54. The predicted octanol–water partition coefficient (Wildman–Crippen LogP) is 2.59. The van der Waals surface area contributed by atoms with E-state index in [1.807, 2.05) is 0 Å². The molecule has 0 atom stereocenters. The van der Waals surface area contributed by atoms with Gasteiger partial charge < -0.3 is 4.74 Å². The molecule has 1 rings (SSSR count). The molecule has 0 spiro atoms. The summed E-state index contributed by atoms with van der Waals surface area (Å²) < 4.78 is 5.39. The lowest BCUT2D eigenvalue weighted by atomic mass is 9.78. The van der Waals surface area contributed by atoms with E-state index in [1.54, 1.807) is 0 Å². The number of piperidine rings is 1. The largest absolute Gasteiger partial charge is 0.462 e. The molecule has 1 saturated heterocycles. The van der Waals surface area contributed by atoms with Gasteiger partial charge in [0.2, 0.25) is 0 Å². The Labute approximate surface area is 99.1 Å². The third-order valence-electron chi connectivity index (χ3n) is 3.56. The van der Waals surface area contributed by atoms with E-state index in [0.29, 0.717) is 0 Å². The monoisotopic (exact) mass is 227 g/mol. The van der Waals surface area contributed by atoms with Crippen LogP contribution < -0.4 is 0 Å². The topological polar surface area (TPSA) is 29.5 Å². The molecule has 1 aliphatic rings. The average molecular weight is 227 g/mol. The summed E-state index contributed by atoms with van der Waals surface area (Å²) in [4.78, 5) is 13.5. The van der Waals surface area contributed by atoms with Gasteiger partial charge in [-0.1, -0.05) is 6.92 Å². The molecule has 0 amide bonds. The zero-order valence-corrected chi connectivity index (χ0v) is 11.5. The predicted molar refractivity (Wildman–Crippen MR) is 65.3 cm³/mol. The number of rotatable bonds is 2. The van der Waals surface area contributed by atoms with Gasteiger partial charge in [-0.25, -0.2) is 0 Å². The van der Waals surface area contributed by atoms with Gasteiger partial charge in [-0.05, 0) is 34.2 Å². The summed E-state index contributed by atoms with van der Waals surface area (Å²) in [7, 11) is 0. The second-order valence-corrected chi connectivity index (χ2v) is 6.01. The summed E-state index contributed by atoms with van der Waals surface area (Å²) in [6.45, 7) is 13.6. The van der Waals surface area contributed by atoms with Crippen LogP contribution in [0.1, 0.15) is 54.4 Å². The summed E-state index contributed by atoms with van der Waals surface area (Å²) in [6.07, 6.45) is 1.90. The van der Waals surface area contributed by atoms with Crippen molar-refractivity contribution in [2.24, 2.45) is 0 Å². The van der Waals surface area contributed by atoms with Crippen LogP contribution in [-0.4, -0.2) is 34.6 Å². The molecular formula is C13H25NO2. The summed E-state index contributed by atoms with van der Waals surface area (Å²) in [5.74, 6) is -0.165. The number of ether oxygens (including phenoxy) is 1. The van der Waals surface area contributed by atoms with Gasteiger partial charge >= 0.3 is 5.97 Å². The van der Waals surface area contributed by atoms with Crippen LogP contribution >= 0.6 is 0 Å². The Bertz CT molecular complexity index is 253. The Morgan fingerprint density at radius 1 is 1.25 bits per heavy atom. The lowest BCUT2D eigenvalue weighted by Crippen LogP contribution is -2.62. The van der Waals surface area contributed by atoms with E-state index in [1.165, 1.54) is 6.92 Å². The molecule has 0 aliphatic carbocycles. The van der Waals surface area contributed by atoms with Crippen LogP contribution in [0.25, 0.3) is 0 Å². The van der Waals surface area contributed by atoms with Crippen LogP contribution in [0.4, 0.5) is 0 Å². The van der Waals surface area contributed by atoms with Crippen LogP contribution in [-0.2, 0) is 9.53 Å². The van der Waals surface area contributed by atoms with Gasteiger partial charge in [-0.15, -0.1) is 0 Å². The number of carbonyl (C=O) groups excluding carboxylic acids is 1. The first-order valence-corrected chi connectivity index (χ1v) is 6.14. The van der Waals surface area contributed by atoms with Crippen molar-refractivity contribution in [3.63, 3.8) is 0 Å². The third kappa shape index (κ3) is 2.76. The van der Waals surface area contributed by atoms with Gasteiger partial charge in [0, 0.05) is 30.8 Å². The van der Waals surface area contributed by atoms with Crippen LogP contribution in [0.3, 0.4) is 0 Å². The molecule has 1 heterocycles. The Balaban J connectivity index is 2.84. The van der Waals surface area contributed by atoms with Crippen molar-refractivity contribution in [2.45, 2.75) is 71.6 Å². The van der Waals surface area contributed by atoms with Crippen molar-refractivity contribution in [3.05, 3.63) is 0 Å². The van der Waals surface area contributed by atoms with Crippen molar-refractivity contribution in [1.82, 2.24) is 4.90 Å². The van der Waals surface area contributed by atoms with Crippen molar-refractivity contribution in [3.8, 4) is 0 Å². The number of hydrogen-bond donors (Lipinski definition) is 0. The summed E-state index contributed by atoms with van der Waals surface area (Å²) in [5.41, 5.74) is 0.188. The fourth-order valence-corrected chi connectivity index (χ4v) is 3.40. The Morgan fingerprint density at radius 3 is 2.00 bits per heavy atom. The molecule has 0 saturated carbocycles. The van der Waals surface area contributed by atoms with Gasteiger partial charge in [0.05, 0.1) is 0 Å². The van der Waals surface area contributed by atoms with Gasteiger partial charge in [0.1, 0.15) is 6.10 Å². The Morgan fingerprint density at radius 2 is 1.69 bits per heavy atom. The van der Waals surface area contributed by atoms with E-state index in [9.17, 15) is 4.79 Å². The number of nitrogens with zero attached hydrogens (tertiary/aromatic N) is 1. The molecule has 0 aromatic carbocycles. The molecule has 94 valence electrons. The molecule has 3 nitrogen and oxygen atoms in total. The van der Waals surface area contributed by atoms with Crippen LogP contribution in [0.15, 0.2) is 0 Å². The minimum absolute atomic E-state index is 0.0605. The molecule has 3 heteroatoms. The highest BCUT2D eigenvalue weighted by atomic mass is 16.5. The first-order valence-electron chi connectivity index (χ1n) is 6.14. The van der Waals surface area contributed by atoms with Crippen LogP contribution in [0.2, 0.25) is 0 Å². The maximum absolute atomic E-state index is 11.0. The maximum atomic E-state index is 11.0. The molecule has 1 aliphatic heterocycles. The molecule has 16 heavy (non-hydrogen) atoms. The smallest absolute Gasteiger partial charge is 0.302 e. The van der Waals surface area contributed by atoms with Crippen molar-refractivity contribution < 1.29 is 9.53 Å². The van der Waals surface area contributed by atoms with Gasteiger partial charge in [0.25, 0.3) is 0 Å². The van der Waals surface area contributed by atoms with Crippen molar-refractivity contribution in [2.75, 3.05) is 6.54 Å².